The van der Waals surface area contributed by atoms with Gasteiger partial charge >= 0.3 is 12.2 Å². The van der Waals surface area contributed by atoms with Gasteiger partial charge in [-0.2, -0.15) is 5.10 Å². The maximum Gasteiger partial charge on any atom is 0.412 e. The molecule has 1 rings (SSSR count). The van der Waals surface area contributed by atoms with Crippen LogP contribution in [-0.4, -0.2) is 39.7 Å². The van der Waals surface area contributed by atoms with Gasteiger partial charge in [-0.3, -0.25) is 10.00 Å². The molecule has 0 aromatic carbocycles. The van der Waals surface area contributed by atoms with E-state index in [9.17, 15) is 9.59 Å². The minimum Gasteiger partial charge on any atom is -0.444 e. The first-order valence-corrected chi connectivity index (χ1v) is 7.44. The molecule has 0 aliphatic rings. The summed E-state index contributed by atoms with van der Waals surface area (Å²) < 4.78 is 11.9. The summed E-state index contributed by atoms with van der Waals surface area (Å²) in [6.45, 7) is 11.6. The SMILES string of the molecule is CC(C)(C)OC(=O)NCCn1cc(NC(=O)OC(C)(C)C)cn1. The molecule has 1 aromatic rings. The quantitative estimate of drug-likeness (QED) is 0.887. The molecule has 0 spiro atoms. The fourth-order valence-electron chi connectivity index (χ4n) is 1.56. The third-order valence-corrected chi connectivity index (χ3v) is 2.29. The van der Waals surface area contributed by atoms with E-state index in [4.69, 9.17) is 9.47 Å². The molecule has 0 saturated carbocycles. The first-order chi connectivity index (χ1) is 10.4. The van der Waals surface area contributed by atoms with Gasteiger partial charge in [0.1, 0.15) is 11.2 Å². The van der Waals surface area contributed by atoms with Crippen LogP contribution < -0.4 is 10.6 Å². The van der Waals surface area contributed by atoms with Crippen LogP contribution in [0.2, 0.25) is 0 Å². The molecule has 2 amide bonds. The zero-order valence-corrected chi connectivity index (χ0v) is 14.6. The zero-order valence-electron chi connectivity index (χ0n) is 14.6. The summed E-state index contributed by atoms with van der Waals surface area (Å²) in [4.78, 5) is 23.1. The molecule has 8 nitrogen and oxygen atoms in total. The van der Waals surface area contributed by atoms with Crippen molar-refractivity contribution >= 4 is 17.9 Å². The van der Waals surface area contributed by atoms with Gasteiger partial charge in [-0.1, -0.05) is 0 Å². The van der Waals surface area contributed by atoms with E-state index in [2.05, 4.69) is 15.7 Å². The van der Waals surface area contributed by atoms with Crippen LogP contribution in [0.4, 0.5) is 15.3 Å². The van der Waals surface area contributed by atoms with Gasteiger partial charge in [0, 0.05) is 12.7 Å². The molecule has 23 heavy (non-hydrogen) atoms. The van der Waals surface area contributed by atoms with Gasteiger partial charge in [-0.05, 0) is 41.5 Å². The van der Waals surface area contributed by atoms with Crippen molar-refractivity contribution in [3.63, 3.8) is 0 Å². The van der Waals surface area contributed by atoms with E-state index in [-0.39, 0.29) is 0 Å². The van der Waals surface area contributed by atoms with Crippen molar-refractivity contribution in [2.45, 2.75) is 59.3 Å². The second kappa shape index (κ2) is 7.34. The fraction of sp³-hybridized carbons (Fsp3) is 0.667. The normalized spacial score (nSPS) is 11.7. The predicted octanol–water partition coefficient (Wildman–Crippen LogP) is 2.75. The summed E-state index contributed by atoms with van der Waals surface area (Å²) in [5.74, 6) is 0. The van der Waals surface area contributed by atoms with Crippen molar-refractivity contribution in [3.05, 3.63) is 12.4 Å². The minimum atomic E-state index is -0.558. The van der Waals surface area contributed by atoms with Crippen molar-refractivity contribution in [2.24, 2.45) is 0 Å². The van der Waals surface area contributed by atoms with Crippen LogP contribution in [0, 0.1) is 0 Å². The molecule has 0 bridgehead atoms. The molecule has 0 unspecified atom stereocenters. The highest BCUT2D eigenvalue weighted by molar-refractivity contribution is 5.84. The summed E-state index contributed by atoms with van der Waals surface area (Å²) in [6.07, 6.45) is 2.15. The lowest BCUT2D eigenvalue weighted by Crippen LogP contribution is -2.34. The first-order valence-electron chi connectivity index (χ1n) is 7.44. The van der Waals surface area contributed by atoms with Gasteiger partial charge in [-0.25, -0.2) is 9.59 Å². The Morgan fingerprint density at radius 2 is 1.65 bits per heavy atom. The van der Waals surface area contributed by atoms with Crippen LogP contribution in [0.1, 0.15) is 41.5 Å². The Kier molecular flexibility index (Phi) is 6.00. The molecule has 0 aliphatic heterocycles. The average Bonchev–Trinajstić information content (AvgIpc) is 2.71. The Morgan fingerprint density at radius 3 is 2.22 bits per heavy atom. The number of carbonyl (C=O) groups is 2. The number of ether oxygens (including phenoxy) is 2. The second-order valence-corrected chi connectivity index (χ2v) is 7.05. The topological polar surface area (TPSA) is 94.5 Å². The molecule has 1 aromatic heterocycles. The van der Waals surface area contributed by atoms with Crippen LogP contribution >= 0.6 is 0 Å². The lowest BCUT2D eigenvalue weighted by molar-refractivity contribution is 0.0524. The summed E-state index contributed by atoms with van der Waals surface area (Å²) >= 11 is 0. The van der Waals surface area contributed by atoms with Gasteiger partial charge in [0.25, 0.3) is 0 Å². The van der Waals surface area contributed by atoms with Crippen molar-refractivity contribution in [1.82, 2.24) is 15.1 Å². The highest BCUT2D eigenvalue weighted by Crippen LogP contribution is 2.11. The maximum atomic E-state index is 11.6. The monoisotopic (exact) mass is 326 g/mol. The molecular formula is C15H26N4O4. The molecule has 2 N–H and O–H groups in total. The molecule has 0 aliphatic carbocycles. The summed E-state index contributed by atoms with van der Waals surface area (Å²) in [7, 11) is 0. The van der Waals surface area contributed by atoms with E-state index in [1.165, 1.54) is 6.20 Å². The highest BCUT2D eigenvalue weighted by Gasteiger charge is 2.17. The molecule has 8 heteroatoms. The summed E-state index contributed by atoms with van der Waals surface area (Å²) in [5.41, 5.74) is -0.561. The Balaban J connectivity index is 2.37. The number of hydrogen-bond donors (Lipinski definition) is 2. The highest BCUT2D eigenvalue weighted by atomic mass is 16.6. The zero-order chi connectivity index (χ0) is 17.7. The summed E-state index contributed by atoms with van der Waals surface area (Å²) in [5, 5.41) is 9.32. The molecule has 1 heterocycles. The standard InChI is InChI=1S/C15H26N4O4/c1-14(2,3)22-12(20)16-7-8-19-10-11(9-17-19)18-13(21)23-15(4,5)6/h9-10H,7-8H2,1-6H3,(H,16,20)(H,18,21). The van der Waals surface area contributed by atoms with Crippen molar-refractivity contribution in [1.29, 1.82) is 0 Å². The number of aromatic nitrogens is 2. The van der Waals surface area contributed by atoms with Crippen molar-refractivity contribution in [2.75, 3.05) is 11.9 Å². The van der Waals surface area contributed by atoms with E-state index >= 15 is 0 Å². The third kappa shape index (κ3) is 8.70. The van der Waals surface area contributed by atoms with Gasteiger partial charge in [0.15, 0.2) is 0 Å². The fourth-order valence-corrected chi connectivity index (χ4v) is 1.56. The number of hydrogen-bond acceptors (Lipinski definition) is 5. The third-order valence-electron chi connectivity index (χ3n) is 2.29. The Morgan fingerprint density at radius 1 is 1.09 bits per heavy atom. The van der Waals surface area contributed by atoms with E-state index in [0.29, 0.717) is 18.8 Å². The van der Waals surface area contributed by atoms with Gasteiger partial charge < -0.3 is 14.8 Å². The number of nitrogens with one attached hydrogen (secondary N) is 2. The Bertz CT molecular complexity index is 540. The number of rotatable bonds is 4. The molecule has 0 fully saturated rings. The second-order valence-electron chi connectivity index (χ2n) is 7.05. The molecule has 0 atom stereocenters. The molecule has 0 radical (unpaired) electrons. The average molecular weight is 326 g/mol. The number of carbonyl (C=O) groups excluding carboxylic acids is 2. The summed E-state index contributed by atoms with van der Waals surface area (Å²) in [6, 6.07) is 0. The lowest BCUT2D eigenvalue weighted by Gasteiger charge is -2.19. The van der Waals surface area contributed by atoms with Crippen molar-refractivity contribution < 1.29 is 19.1 Å². The van der Waals surface area contributed by atoms with Crippen LogP contribution in [0.25, 0.3) is 0 Å². The largest absolute Gasteiger partial charge is 0.444 e. The molecule has 130 valence electrons. The maximum absolute atomic E-state index is 11.6. The lowest BCUT2D eigenvalue weighted by atomic mass is 10.2. The van der Waals surface area contributed by atoms with Crippen LogP contribution in [0.3, 0.4) is 0 Å². The van der Waals surface area contributed by atoms with Crippen molar-refractivity contribution in [3.8, 4) is 0 Å². The van der Waals surface area contributed by atoms with Gasteiger partial charge in [0.2, 0.25) is 0 Å². The Hall–Kier alpha value is -2.25. The number of alkyl carbamates (subject to hydrolysis) is 1. The van der Waals surface area contributed by atoms with Crippen LogP contribution in [-0.2, 0) is 16.0 Å². The number of anilines is 1. The van der Waals surface area contributed by atoms with E-state index < -0.39 is 23.4 Å². The number of nitrogens with zero attached hydrogens (tertiary/aromatic N) is 2. The van der Waals surface area contributed by atoms with Crippen LogP contribution in [0.15, 0.2) is 12.4 Å². The molecular weight excluding hydrogens is 300 g/mol. The van der Waals surface area contributed by atoms with E-state index in [1.54, 1.807) is 52.4 Å². The van der Waals surface area contributed by atoms with E-state index in [1.807, 2.05) is 0 Å². The van der Waals surface area contributed by atoms with Gasteiger partial charge in [-0.15, -0.1) is 0 Å². The Labute approximate surface area is 136 Å². The van der Waals surface area contributed by atoms with Gasteiger partial charge in [0.05, 0.1) is 18.4 Å². The number of amides is 2. The van der Waals surface area contributed by atoms with Crippen LogP contribution in [0.5, 0.6) is 0 Å². The smallest absolute Gasteiger partial charge is 0.412 e. The minimum absolute atomic E-state index is 0.364. The predicted molar refractivity (Wildman–Crippen MR) is 86.3 cm³/mol. The molecule has 0 saturated heterocycles. The van der Waals surface area contributed by atoms with E-state index in [0.717, 1.165) is 0 Å². The first kappa shape index (κ1) is 18.8.